The summed E-state index contributed by atoms with van der Waals surface area (Å²) in [6.45, 7) is 5.69. The predicted octanol–water partition coefficient (Wildman–Crippen LogP) is 3.12. The number of carboxylic acid groups (broad SMARTS) is 1. The Morgan fingerprint density at radius 3 is 2.50 bits per heavy atom. The zero-order chi connectivity index (χ0) is 13.4. The highest BCUT2D eigenvalue weighted by Crippen LogP contribution is 2.35. The number of hydrogen-bond donors (Lipinski definition) is 2. The van der Waals surface area contributed by atoms with Crippen molar-refractivity contribution in [3.8, 4) is 5.75 Å². The van der Waals surface area contributed by atoms with E-state index in [1.165, 1.54) is 0 Å². The van der Waals surface area contributed by atoms with E-state index in [4.69, 9.17) is 5.11 Å². The number of aromatic nitrogens is 1. The first-order chi connectivity index (χ1) is 8.43. The van der Waals surface area contributed by atoms with Gasteiger partial charge < -0.3 is 14.8 Å². The molecular formula is C14H17NO3. The molecule has 0 amide bonds. The number of hydrogen-bond acceptors (Lipinski definition) is 2. The number of phenolic OH excluding ortho intramolecular Hbond substituents is 1. The number of carbonyl (C=O) groups is 1. The molecule has 96 valence electrons. The number of phenols is 1. The van der Waals surface area contributed by atoms with E-state index in [1.807, 2.05) is 30.7 Å². The zero-order valence-electron chi connectivity index (χ0n) is 10.7. The van der Waals surface area contributed by atoms with Crippen molar-refractivity contribution in [2.75, 3.05) is 0 Å². The summed E-state index contributed by atoms with van der Waals surface area (Å²) in [6, 6.07) is 5.47. The quantitative estimate of drug-likeness (QED) is 0.876. The maximum Gasteiger partial charge on any atom is 0.310 e. The van der Waals surface area contributed by atoms with Crippen molar-refractivity contribution in [3.63, 3.8) is 0 Å². The minimum atomic E-state index is -0.888. The van der Waals surface area contributed by atoms with Gasteiger partial charge in [0, 0.05) is 17.6 Å². The SMILES string of the molecule is CC(C(=O)O)c1cn(C(C)C)c2cccc(O)c12. The van der Waals surface area contributed by atoms with Gasteiger partial charge in [0.05, 0.1) is 11.4 Å². The van der Waals surface area contributed by atoms with Gasteiger partial charge in [-0.2, -0.15) is 0 Å². The molecule has 1 aromatic carbocycles. The fourth-order valence-electron chi connectivity index (χ4n) is 2.21. The van der Waals surface area contributed by atoms with Gasteiger partial charge in [-0.1, -0.05) is 6.07 Å². The Balaban J connectivity index is 2.78. The first-order valence-electron chi connectivity index (χ1n) is 5.98. The number of rotatable bonds is 3. The molecule has 0 saturated heterocycles. The van der Waals surface area contributed by atoms with Crippen LogP contribution in [0.3, 0.4) is 0 Å². The van der Waals surface area contributed by atoms with E-state index >= 15 is 0 Å². The molecule has 2 N–H and O–H groups in total. The number of fused-ring (bicyclic) bond motifs is 1. The fourth-order valence-corrected chi connectivity index (χ4v) is 2.21. The Bertz CT molecular complexity index is 598. The second-order valence-corrected chi connectivity index (χ2v) is 4.82. The summed E-state index contributed by atoms with van der Waals surface area (Å²) < 4.78 is 1.99. The van der Waals surface area contributed by atoms with Crippen molar-refractivity contribution in [3.05, 3.63) is 30.0 Å². The van der Waals surface area contributed by atoms with E-state index in [9.17, 15) is 9.90 Å². The van der Waals surface area contributed by atoms with Gasteiger partial charge in [0.15, 0.2) is 0 Å². The lowest BCUT2D eigenvalue weighted by atomic mass is 10.0. The Kier molecular flexibility index (Phi) is 3.03. The molecular weight excluding hydrogens is 230 g/mol. The van der Waals surface area contributed by atoms with Crippen LogP contribution in [0.25, 0.3) is 10.9 Å². The van der Waals surface area contributed by atoms with Gasteiger partial charge in [0.1, 0.15) is 5.75 Å². The van der Waals surface area contributed by atoms with Gasteiger partial charge in [0.2, 0.25) is 0 Å². The first kappa shape index (κ1) is 12.5. The fraction of sp³-hybridized carbons (Fsp3) is 0.357. The standard InChI is InChI=1S/C14H17NO3/c1-8(2)15-7-10(9(3)14(17)18)13-11(15)5-4-6-12(13)16/h4-9,16H,1-3H3,(H,17,18). The van der Waals surface area contributed by atoms with Gasteiger partial charge in [-0.05, 0) is 38.5 Å². The van der Waals surface area contributed by atoms with Crippen molar-refractivity contribution in [1.29, 1.82) is 0 Å². The summed E-state index contributed by atoms with van der Waals surface area (Å²) in [5.41, 5.74) is 1.53. The Morgan fingerprint density at radius 2 is 1.94 bits per heavy atom. The lowest BCUT2D eigenvalue weighted by molar-refractivity contribution is -0.138. The molecule has 1 heterocycles. The summed E-state index contributed by atoms with van der Waals surface area (Å²) in [4.78, 5) is 11.1. The van der Waals surface area contributed by atoms with Gasteiger partial charge in [-0.25, -0.2) is 0 Å². The zero-order valence-corrected chi connectivity index (χ0v) is 10.7. The smallest absolute Gasteiger partial charge is 0.310 e. The topological polar surface area (TPSA) is 62.5 Å². The second-order valence-electron chi connectivity index (χ2n) is 4.82. The van der Waals surface area contributed by atoms with E-state index in [1.54, 1.807) is 19.1 Å². The highest BCUT2D eigenvalue weighted by molar-refractivity contribution is 5.93. The van der Waals surface area contributed by atoms with E-state index in [0.717, 1.165) is 5.52 Å². The number of aromatic hydroxyl groups is 1. The Labute approximate surface area is 105 Å². The van der Waals surface area contributed by atoms with E-state index in [0.29, 0.717) is 10.9 Å². The molecule has 1 aromatic heterocycles. The molecule has 0 fully saturated rings. The molecule has 2 aromatic rings. The normalized spacial score (nSPS) is 13.1. The molecule has 2 rings (SSSR count). The third-order valence-corrected chi connectivity index (χ3v) is 3.26. The molecule has 18 heavy (non-hydrogen) atoms. The highest BCUT2D eigenvalue weighted by atomic mass is 16.4. The molecule has 0 aliphatic carbocycles. The second kappa shape index (κ2) is 4.37. The molecule has 0 aliphatic heterocycles. The Morgan fingerprint density at radius 1 is 1.28 bits per heavy atom. The molecule has 0 bridgehead atoms. The molecule has 4 heteroatoms. The number of carboxylic acids is 1. The maximum atomic E-state index is 11.1. The Hall–Kier alpha value is -1.97. The van der Waals surface area contributed by atoms with Crippen LogP contribution >= 0.6 is 0 Å². The van der Waals surface area contributed by atoms with Gasteiger partial charge >= 0.3 is 5.97 Å². The lowest BCUT2D eigenvalue weighted by Gasteiger charge is -2.08. The largest absolute Gasteiger partial charge is 0.507 e. The highest BCUT2D eigenvalue weighted by Gasteiger charge is 2.22. The van der Waals surface area contributed by atoms with Crippen LogP contribution in [0.1, 0.15) is 38.3 Å². The number of aliphatic carboxylic acids is 1. The van der Waals surface area contributed by atoms with Crippen LogP contribution in [0.5, 0.6) is 5.75 Å². The van der Waals surface area contributed by atoms with Crippen LogP contribution in [0, 0.1) is 0 Å². The summed E-state index contributed by atoms with van der Waals surface area (Å²) in [7, 11) is 0. The van der Waals surface area contributed by atoms with E-state index in [-0.39, 0.29) is 11.8 Å². The van der Waals surface area contributed by atoms with Crippen LogP contribution in [0.2, 0.25) is 0 Å². The lowest BCUT2D eigenvalue weighted by Crippen LogP contribution is -2.07. The molecule has 0 saturated carbocycles. The molecule has 1 atom stereocenters. The van der Waals surface area contributed by atoms with E-state index in [2.05, 4.69) is 0 Å². The summed E-state index contributed by atoms with van der Waals surface area (Å²) >= 11 is 0. The average molecular weight is 247 g/mol. The predicted molar refractivity (Wildman–Crippen MR) is 70.0 cm³/mol. The third-order valence-electron chi connectivity index (χ3n) is 3.26. The minimum Gasteiger partial charge on any atom is -0.507 e. The molecule has 0 radical (unpaired) electrons. The van der Waals surface area contributed by atoms with Crippen molar-refractivity contribution in [2.45, 2.75) is 32.7 Å². The van der Waals surface area contributed by atoms with Crippen LogP contribution in [-0.4, -0.2) is 20.7 Å². The maximum absolute atomic E-state index is 11.1. The van der Waals surface area contributed by atoms with Crippen molar-refractivity contribution < 1.29 is 15.0 Å². The monoisotopic (exact) mass is 247 g/mol. The van der Waals surface area contributed by atoms with Gasteiger partial charge in [-0.15, -0.1) is 0 Å². The van der Waals surface area contributed by atoms with Crippen molar-refractivity contribution in [2.24, 2.45) is 0 Å². The average Bonchev–Trinajstić information content (AvgIpc) is 2.68. The molecule has 0 spiro atoms. The third kappa shape index (κ3) is 1.83. The summed E-state index contributed by atoms with van der Waals surface area (Å²) in [5.74, 6) is -1.39. The molecule has 1 unspecified atom stereocenters. The molecule has 0 aliphatic rings. The van der Waals surface area contributed by atoms with Gasteiger partial charge in [-0.3, -0.25) is 4.79 Å². The number of nitrogens with zero attached hydrogens (tertiary/aromatic N) is 1. The number of benzene rings is 1. The van der Waals surface area contributed by atoms with Crippen molar-refractivity contribution in [1.82, 2.24) is 4.57 Å². The van der Waals surface area contributed by atoms with Crippen LogP contribution in [0.15, 0.2) is 24.4 Å². The van der Waals surface area contributed by atoms with Crippen molar-refractivity contribution >= 4 is 16.9 Å². The van der Waals surface area contributed by atoms with Crippen LogP contribution in [-0.2, 0) is 4.79 Å². The van der Waals surface area contributed by atoms with Crippen LogP contribution in [0.4, 0.5) is 0 Å². The molecule has 4 nitrogen and oxygen atoms in total. The van der Waals surface area contributed by atoms with Gasteiger partial charge in [0.25, 0.3) is 0 Å². The van der Waals surface area contributed by atoms with E-state index < -0.39 is 11.9 Å². The first-order valence-corrected chi connectivity index (χ1v) is 5.98. The summed E-state index contributed by atoms with van der Waals surface area (Å²) in [5, 5.41) is 19.8. The summed E-state index contributed by atoms with van der Waals surface area (Å²) in [6.07, 6.45) is 1.83. The van der Waals surface area contributed by atoms with Crippen LogP contribution < -0.4 is 0 Å². The minimum absolute atomic E-state index is 0.134.